The minimum absolute atomic E-state index is 0.190. The van der Waals surface area contributed by atoms with Crippen LogP contribution in [0.2, 0.25) is 0 Å². The Morgan fingerprint density at radius 2 is 2.19 bits per heavy atom. The molecule has 0 spiro atoms. The molecule has 0 fully saturated rings. The lowest BCUT2D eigenvalue weighted by Gasteiger charge is -2.18. The number of aromatic nitrogens is 3. The van der Waals surface area contributed by atoms with Gasteiger partial charge in [-0.2, -0.15) is 4.98 Å². The smallest absolute Gasteiger partial charge is 0.231 e. The van der Waals surface area contributed by atoms with Gasteiger partial charge < -0.3 is 14.6 Å². The summed E-state index contributed by atoms with van der Waals surface area (Å²) in [5.74, 6) is 2.14. The number of nitrogens with one attached hydrogen (secondary N) is 1. The number of ether oxygens (including phenoxy) is 1. The minimum atomic E-state index is 0.190. The molecule has 0 aliphatic heterocycles. The number of hydrogen-bond donors (Lipinski definition) is 1. The van der Waals surface area contributed by atoms with E-state index < -0.39 is 0 Å². The molecule has 6 nitrogen and oxygen atoms in total. The topological polar surface area (TPSA) is 73.1 Å². The molecule has 0 saturated heterocycles. The van der Waals surface area contributed by atoms with Crippen LogP contribution in [0.15, 0.2) is 22.9 Å². The van der Waals surface area contributed by atoms with Crippen LogP contribution in [0.5, 0.6) is 5.88 Å². The normalized spacial score (nSPS) is 13.9. The Kier molecular flexibility index (Phi) is 5.27. The molecule has 0 aliphatic carbocycles. The summed E-state index contributed by atoms with van der Waals surface area (Å²) in [6.45, 7) is 4.23. The van der Waals surface area contributed by atoms with E-state index in [1.807, 2.05) is 19.2 Å². The predicted octanol–water partition coefficient (Wildman–Crippen LogP) is 2.17. The second kappa shape index (κ2) is 7.17. The van der Waals surface area contributed by atoms with Crippen LogP contribution in [-0.4, -0.2) is 35.3 Å². The second-order valence-electron chi connectivity index (χ2n) is 5.03. The number of hydrogen-bond acceptors (Lipinski definition) is 6. The molecule has 2 unspecified atom stereocenters. The highest BCUT2D eigenvalue weighted by Crippen LogP contribution is 2.20. The third kappa shape index (κ3) is 3.78. The van der Waals surface area contributed by atoms with Crippen molar-refractivity contribution in [1.29, 1.82) is 0 Å². The molecule has 21 heavy (non-hydrogen) atoms. The minimum Gasteiger partial charge on any atom is -0.481 e. The van der Waals surface area contributed by atoms with E-state index in [1.165, 1.54) is 0 Å². The summed E-state index contributed by atoms with van der Waals surface area (Å²) in [5, 5.41) is 7.32. The van der Waals surface area contributed by atoms with Gasteiger partial charge in [0.2, 0.25) is 11.8 Å². The van der Waals surface area contributed by atoms with E-state index in [0.717, 1.165) is 12.0 Å². The lowest BCUT2D eigenvalue weighted by atomic mass is 10.00. The van der Waals surface area contributed by atoms with Crippen molar-refractivity contribution in [3.05, 3.63) is 35.6 Å². The van der Waals surface area contributed by atoms with E-state index in [-0.39, 0.29) is 5.92 Å². The summed E-state index contributed by atoms with van der Waals surface area (Å²) >= 11 is 0. The van der Waals surface area contributed by atoms with Crippen LogP contribution in [0.25, 0.3) is 0 Å². The SMILES string of the molecule is CCC(NC)C(C)c1nc(Cc2ccc(OC)nc2)no1. The lowest BCUT2D eigenvalue weighted by Crippen LogP contribution is -2.30. The molecule has 114 valence electrons. The third-order valence-corrected chi connectivity index (χ3v) is 3.66. The number of likely N-dealkylation sites (N-methyl/N-ethyl adjacent to an activating group) is 1. The van der Waals surface area contributed by atoms with Crippen LogP contribution in [0.3, 0.4) is 0 Å². The largest absolute Gasteiger partial charge is 0.481 e. The Morgan fingerprint density at radius 1 is 1.38 bits per heavy atom. The molecule has 2 heterocycles. The first-order valence-corrected chi connectivity index (χ1v) is 7.16. The Bertz CT molecular complexity index is 549. The molecule has 0 aliphatic rings. The van der Waals surface area contributed by atoms with E-state index in [1.54, 1.807) is 13.3 Å². The fraction of sp³-hybridized carbons (Fsp3) is 0.533. The molecule has 2 rings (SSSR count). The van der Waals surface area contributed by atoms with Gasteiger partial charge in [0.05, 0.1) is 13.0 Å². The van der Waals surface area contributed by atoms with Crippen molar-refractivity contribution in [3.8, 4) is 5.88 Å². The first kappa shape index (κ1) is 15.4. The molecule has 0 amide bonds. The molecule has 0 bridgehead atoms. The molecule has 2 atom stereocenters. The van der Waals surface area contributed by atoms with Crippen LogP contribution in [0, 0.1) is 0 Å². The fourth-order valence-corrected chi connectivity index (χ4v) is 2.32. The highest BCUT2D eigenvalue weighted by atomic mass is 16.5. The van der Waals surface area contributed by atoms with E-state index in [4.69, 9.17) is 9.26 Å². The Hall–Kier alpha value is -1.95. The average molecular weight is 290 g/mol. The standard InChI is InChI=1S/C15H22N4O2/c1-5-12(16-3)10(2)15-18-13(19-21-15)8-11-6-7-14(20-4)17-9-11/h6-7,9-10,12,16H,5,8H2,1-4H3. The van der Waals surface area contributed by atoms with Gasteiger partial charge in [-0.05, 0) is 19.0 Å². The van der Waals surface area contributed by atoms with Crippen LogP contribution in [0.1, 0.15) is 43.5 Å². The van der Waals surface area contributed by atoms with Gasteiger partial charge in [-0.15, -0.1) is 0 Å². The molecule has 0 saturated carbocycles. The number of nitrogens with zero attached hydrogens (tertiary/aromatic N) is 3. The summed E-state index contributed by atoms with van der Waals surface area (Å²) in [7, 11) is 3.55. The maximum absolute atomic E-state index is 5.38. The molecule has 0 aromatic carbocycles. The summed E-state index contributed by atoms with van der Waals surface area (Å²) < 4.78 is 10.4. The van der Waals surface area contributed by atoms with Crippen LogP contribution >= 0.6 is 0 Å². The quantitative estimate of drug-likeness (QED) is 0.842. The summed E-state index contributed by atoms with van der Waals surface area (Å²) in [6, 6.07) is 4.11. The van der Waals surface area contributed by atoms with Crippen LogP contribution < -0.4 is 10.1 Å². The first-order valence-electron chi connectivity index (χ1n) is 7.16. The highest BCUT2D eigenvalue weighted by Gasteiger charge is 2.21. The lowest BCUT2D eigenvalue weighted by molar-refractivity contribution is 0.324. The summed E-state index contributed by atoms with van der Waals surface area (Å²) in [5.41, 5.74) is 1.02. The number of pyridine rings is 1. The van der Waals surface area contributed by atoms with Crippen LogP contribution in [0.4, 0.5) is 0 Å². The Balaban J connectivity index is 2.05. The molecule has 1 N–H and O–H groups in total. The maximum atomic E-state index is 5.38. The van der Waals surface area contributed by atoms with Crippen molar-refractivity contribution in [2.75, 3.05) is 14.2 Å². The van der Waals surface area contributed by atoms with Gasteiger partial charge in [0, 0.05) is 24.7 Å². The molecular formula is C15H22N4O2. The Labute approximate surface area is 124 Å². The van der Waals surface area contributed by atoms with Gasteiger partial charge in [0.1, 0.15) is 0 Å². The van der Waals surface area contributed by atoms with E-state index >= 15 is 0 Å². The van der Waals surface area contributed by atoms with Gasteiger partial charge in [0.15, 0.2) is 5.82 Å². The first-order chi connectivity index (χ1) is 10.2. The van der Waals surface area contributed by atoms with Crippen LogP contribution in [-0.2, 0) is 6.42 Å². The van der Waals surface area contributed by atoms with Gasteiger partial charge in [-0.25, -0.2) is 4.98 Å². The van der Waals surface area contributed by atoms with Crippen molar-refractivity contribution in [1.82, 2.24) is 20.4 Å². The predicted molar refractivity (Wildman–Crippen MR) is 79.4 cm³/mol. The number of rotatable bonds is 7. The van der Waals surface area contributed by atoms with Crippen molar-refractivity contribution in [2.45, 2.75) is 38.6 Å². The second-order valence-corrected chi connectivity index (χ2v) is 5.03. The molecular weight excluding hydrogens is 268 g/mol. The monoisotopic (exact) mass is 290 g/mol. The van der Waals surface area contributed by atoms with Crippen molar-refractivity contribution >= 4 is 0 Å². The molecule has 2 aromatic heterocycles. The summed E-state index contributed by atoms with van der Waals surface area (Å²) in [4.78, 5) is 8.66. The fourth-order valence-electron chi connectivity index (χ4n) is 2.32. The molecule has 0 radical (unpaired) electrons. The molecule has 2 aromatic rings. The third-order valence-electron chi connectivity index (χ3n) is 3.66. The van der Waals surface area contributed by atoms with Gasteiger partial charge >= 0.3 is 0 Å². The van der Waals surface area contributed by atoms with Crippen molar-refractivity contribution in [3.63, 3.8) is 0 Å². The summed E-state index contributed by atoms with van der Waals surface area (Å²) in [6.07, 6.45) is 3.38. The van der Waals surface area contributed by atoms with Crippen molar-refractivity contribution < 1.29 is 9.26 Å². The maximum Gasteiger partial charge on any atom is 0.231 e. The Morgan fingerprint density at radius 3 is 2.76 bits per heavy atom. The highest BCUT2D eigenvalue weighted by molar-refractivity contribution is 5.20. The van der Waals surface area contributed by atoms with E-state index in [2.05, 4.69) is 34.3 Å². The molecule has 6 heteroatoms. The van der Waals surface area contributed by atoms with Gasteiger partial charge in [-0.1, -0.05) is 25.1 Å². The number of methoxy groups -OCH3 is 1. The zero-order valence-corrected chi connectivity index (χ0v) is 13.0. The van der Waals surface area contributed by atoms with E-state index in [9.17, 15) is 0 Å². The van der Waals surface area contributed by atoms with Gasteiger partial charge in [0.25, 0.3) is 0 Å². The van der Waals surface area contributed by atoms with E-state index in [0.29, 0.717) is 30.1 Å². The zero-order valence-electron chi connectivity index (χ0n) is 13.0. The van der Waals surface area contributed by atoms with Crippen molar-refractivity contribution in [2.24, 2.45) is 0 Å². The van der Waals surface area contributed by atoms with Gasteiger partial charge in [-0.3, -0.25) is 0 Å². The zero-order chi connectivity index (χ0) is 15.2. The average Bonchev–Trinajstić information content (AvgIpc) is 2.97.